The lowest BCUT2D eigenvalue weighted by Crippen LogP contribution is -2.31. The van der Waals surface area contributed by atoms with Gasteiger partial charge < -0.3 is 24.2 Å². The summed E-state index contributed by atoms with van der Waals surface area (Å²) in [5.74, 6) is 0.875. The fraction of sp³-hybridized carbons (Fsp3) is 0.615. The molecule has 0 bridgehead atoms. The molecule has 0 saturated carbocycles. The van der Waals surface area contributed by atoms with Gasteiger partial charge in [-0.2, -0.15) is 0 Å². The molecule has 1 aromatic rings. The normalized spacial score (nSPS) is 22.4. The third kappa shape index (κ3) is 4.13. The van der Waals surface area contributed by atoms with Crippen LogP contribution in [0.5, 0.6) is 0 Å². The van der Waals surface area contributed by atoms with E-state index in [0.29, 0.717) is 19.7 Å². The van der Waals surface area contributed by atoms with E-state index in [4.69, 9.17) is 19.3 Å². The summed E-state index contributed by atoms with van der Waals surface area (Å²) in [4.78, 5) is 6.54. The Hall–Kier alpha value is -0.730. The van der Waals surface area contributed by atoms with Gasteiger partial charge in [0.05, 0.1) is 13.2 Å². The van der Waals surface area contributed by atoms with Crippen LogP contribution >= 0.6 is 15.9 Å². The van der Waals surface area contributed by atoms with Crippen molar-refractivity contribution in [2.24, 2.45) is 0 Å². The van der Waals surface area contributed by atoms with Crippen LogP contribution in [0.15, 0.2) is 22.8 Å². The maximum absolute atomic E-state index is 8.89. The molecule has 1 aliphatic heterocycles. The molecule has 0 unspecified atom stereocenters. The van der Waals surface area contributed by atoms with Crippen molar-refractivity contribution in [3.63, 3.8) is 0 Å². The van der Waals surface area contributed by atoms with Gasteiger partial charge in [0, 0.05) is 20.2 Å². The Morgan fingerprint density at radius 3 is 2.75 bits per heavy atom. The predicted octanol–water partition coefficient (Wildman–Crippen LogP) is 1.03. The molecule has 0 radical (unpaired) electrons. The molecule has 0 amide bonds. The molecular weight excluding hydrogens is 328 g/mol. The Morgan fingerprint density at radius 2 is 2.10 bits per heavy atom. The van der Waals surface area contributed by atoms with Gasteiger partial charge >= 0.3 is 0 Å². The monoisotopic (exact) mass is 346 g/mol. The summed E-state index contributed by atoms with van der Waals surface area (Å²) >= 11 is 3.37. The van der Waals surface area contributed by atoms with Gasteiger partial charge in [0.15, 0.2) is 0 Å². The lowest BCUT2D eigenvalue weighted by atomic mass is 10.2. The number of aliphatic hydroxyl groups excluding tert-OH is 1. The molecular formula is C13H19BrN2O4. The van der Waals surface area contributed by atoms with Gasteiger partial charge in [-0.1, -0.05) is 6.07 Å². The van der Waals surface area contributed by atoms with Crippen molar-refractivity contribution in [3.8, 4) is 0 Å². The molecule has 0 spiro atoms. The third-order valence-electron chi connectivity index (χ3n) is 3.06. The zero-order valence-corrected chi connectivity index (χ0v) is 13.0. The van der Waals surface area contributed by atoms with E-state index in [2.05, 4.69) is 25.8 Å². The first-order valence-corrected chi connectivity index (χ1v) is 7.24. The van der Waals surface area contributed by atoms with E-state index < -0.39 is 0 Å². The summed E-state index contributed by atoms with van der Waals surface area (Å²) < 4.78 is 17.0. The highest BCUT2D eigenvalue weighted by Crippen LogP contribution is 2.23. The lowest BCUT2D eigenvalue weighted by molar-refractivity contribution is -0.112. The topological polar surface area (TPSA) is 64.1 Å². The Labute approximate surface area is 126 Å². The summed E-state index contributed by atoms with van der Waals surface area (Å²) in [6.07, 6.45) is -0.194. The van der Waals surface area contributed by atoms with Gasteiger partial charge in [-0.3, -0.25) is 0 Å². The molecule has 2 rings (SSSR count). The Bertz CT molecular complexity index is 405. The van der Waals surface area contributed by atoms with Crippen molar-refractivity contribution < 1.29 is 19.3 Å². The van der Waals surface area contributed by atoms with E-state index in [1.165, 1.54) is 0 Å². The number of nitrogens with zero attached hydrogens (tertiary/aromatic N) is 2. The van der Waals surface area contributed by atoms with Crippen molar-refractivity contribution in [3.05, 3.63) is 22.8 Å². The van der Waals surface area contributed by atoms with Gasteiger partial charge in [-0.15, -0.1) is 0 Å². The first-order chi connectivity index (χ1) is 9.74. The van der Waals surface area contributed by atoms with Crippen LogP contribution in [0.1, 0.15) is 0 Å². The molecule has 1 aliphatic rings. The van der Waals surface area contributed by atoms with E-state index in [0.717, 1.165) is 10.4 Å². The SMILES string of the molecule is COCO[C@@H]1CN(c2cccc(Br)n2)C[C@H]1OCCO. The summed E-state index contributed by atoms with van der Waals surface area (Å²) in [7, 11) is 1.59. The Kier molecular flexibility index (Phi) is 6.18. The maximum atomic E-state index is 8.89. The molecule has 112 valence electrons. The summed E-state index contributed by atoms with van der Waals surface area (Å²) in [6.45, 7) is 1.89. The fourth-order valence-corrected chi connectivity index (χ4v) is 2.52. The van der Waals surface area contributed by atoms with E-state index in [-0.39, 0.29) is 25.6 Å². The number of aliphatic hydroxyl groups is 1. The summed E-state index contributed by atoms with van der Waals surface area (Å²) in [6, 6.07) is 5.78. The number of aromatic nitrogens is 1. The predicted molar refractivity (Wildman–Crippen MR) is 77.7 cm³/mol. The summed E-state index contributed by atoms with van der Waals surface area (Å²) in [5, 5.41) is 8.89. The average molecular weight is 347 g/mol. The molecule has 2 atom stereocenters. The van der Waals surface area contributed by atoms with Gasteiger partial charge in [-0.05, 0) is 28.1 Å². The number of methoxy groups -OCH3 is 1. The number of pyridine rings is 1. The van der Waals surface area contributed by atoms with Crippen LogP contribution < -0.4 is 4.90 Å². The van der Waals surface area contributed by atoms with Crippen molar-refractivity contribution in [2.45, 2.75) is 12.2 Å². The van der Waals surface area contributed by atoms with Crippen LogP contribution in [0.3, 0.4) is 0 Å². The second-order valence-corrected chi connectivity index (χ2v) is 5.28. The van der Waals surface area contributed by atoms with Crippen LogP contribution in [0.25, 0.3) is 0 Å². The molecule has 20 heavy (non-hydrogen) atoms. The second kappa shape index (κ2) is 7.90. The fourth-order valence-electron chi connectivity index (χ4n) is 2.18. The molecule has 1 saturated heterocycles. The molecule has 1 aromatic heterocycles. The summed E-state index contributed by atoms with van der Waals surface area (Å²) in [5.41, 5.74) is 0. The van der Waals surface area contributed by atoms with Crippen LogP contribution in [0, 0.1) is 0 Å². The van der Waals surface area contributed by atoms with E-state index in [1.807, 2.05) is 18.2 Å². The minimum Gasteiger partial charge on any atom is -0.394 e. The average Bonchev–Trinajstić information content (AvgIpc) is 2.86. The molecule has 1 N–H and O–H groups in total. The molecule has 6 nitrogen and oxygen atoms in total. The number of halogens is 1. The highest BCUT2D eigenvalue weighted by Gasteiger charge is 2.35. The molecule has 7 heteroatoms. The van der Waals surface area contributed by atoms with E-state index >= 15 is 0 Å². The zero-order chi connectivity index (χ0) is 14.4. The van der Waals surface area contributed by atoms with Crippen molar-refractivity contribution in [1.82, 2.24) is 4.98 Å². The highest BCUT2D eigenvalue weighted by molar-refractivity contribution is 9.10. The minimum atomic E-state index is -0.0990. The Balaban J connectivity index is 2.02. The van der Waals surface area contributed by atoms with Gasteiger partial charge in [-0.25, -0.2) is 4.98 Å². The molecule has 0 aromatic carbocycles. The number of rotatable bonds is 7. The van der Waals surface area contributed by atoms with E-state index in [1.54, 1.807) is 7.11 Å². The van der Waals surface area contributed by atoms with Gasteiger partial charge in [0.1, 0.15) is 29.4 Å². The first kappa shape index (κ1) is 15.7. The van der Waals surface area contributed by atoms with Gasteiger partial charge in [0.2, 0.25) is 0 Å². The largest absolute Gasteiger partial charge is 0.394 e. The zero-order valence-electron chi connectivity index (χ0n) is 11.4. The number of anilines is 1. The number of hydrogen-bond acceptors (Lipinski definition) is 6. The van der Waals surface area contributed by atoms with E-state index in [9.17, 15) is 0 Å². The lowest BCUT2D eigenvalue weighted by Gasteiger charge is -2.18. The highest BCUT2D eigenvalue weighted by atomic mass is 79.9. The van der Waals surface area contributed by atoms with Crippen LogP contribution in [-0.4, -0.2) is 62.5 Å². The number of hydrogen-bond donors (Lipinski definition) is 1. The second-order valence-electron chi connectivity index (χ2n) is 4.47. The quantitative estimate of drug-likeness (QED) is 0.587. The van der Waals surface area contributed by atoms with Crippen molar-refractivity contribution in [2.75, 3.05) is 45.1 Å². The van der Waals surface area contributed by atoms with Crippen LogP contribution in [0.2, 0.25) is 0 Å². The third-order valence-corrected chi connectivity index (χ3v) is 3.50. The van der Waals surface area contributed by atoms with Crippen LogP contribution in [0.4, 0.5) is 5.82 Å². The smallest absolute Gasteiger partial charge is 0.146 e. The van der Waals surface area contributed by atoms with Crippen molar-refractivity contribution >= 4 is 21.7 Å². The molecule has 1 fully saturated rings. The maximum Gasteiger partial charge on any atom is 0.146 e. The Morgan fingerprint density at radius 1 is 1.35 bits per heavy atom. The molecule has 2 heterocycles. The first-order valence-electron chi connectivity index (χ1n) is 6.45. The standard InChI is InChI=1S/C13H19BrN2O4/c1-18-9-20-11-8-16(7-10(11)19-6-5-17)13-4-2-3-12(14)15-13/h2-4,10-11,17H,5-9H2,1H3/t10-,11-/m1/s1. The number of ether oxygens (including phenoxy) is 3. The molecule has 0 aliphatic carbocycles. The van der Waals surface area contributed by atoms with Crippen molar-refractivity contribution in [1.29, 1.82) is 0 Å². The van der Waals surface area contributed by atoms with Crippen LogP contribution in [-0.2, 0) is 14.2 Å². The van der Waals surface area contributed by atoms with Gasteiger partial charge in [0.25, 0.3) is 0 Å². The minimum absolute atomic E-state index is 0.00261.